The number of carbonyl (C=O) groups excluding carboxylic acids is 1. The predicted molar refractivity (Wildman–Crippen MR) is 91.0 cm³/mol. The molecule has 4 rings (SSSR count). The highest BCUT2D eigenvalue weighted by atomic mass is 32.1. The summed E-state index contributed by atoms with van der Waals surface area (Å²) in [4.78, 5) is 20.3. The first kappa shape index (κ1) is 15.2. The normalized spacial score (nSPS) is 13.8. The molecule has 0 atom stereocenters. The third-order valence-electron chi connectivity index (χ3n) is 4.52. The van der Waals surface area contributed by atoms with Crippen LogP contribution in [0.25, 0.3) is 21.3 Å². The number of carboxylic acid groups (broad SMARTS) is 1. The third kappa shape index (κ3) is 2.79. The Labute approximate surface area is 143 Å². The number of nitrogens with two attached hydrogens (primary N) is 1. The van der Waals surface area contributed by atoms with Gasteiger partial charge in [-0.15, -0.1) is 11.3 Å². The van der Waals surface area contributed by atoms with Crippen molar-refractivity contribution < 1.29 is 15.2 Å². The summed E-state index contributed by atoms with van der Waals surface area (Å²) in [5, 5.41) is 15.4. The molecule has 0 unspecified atom stereocenters. The molecular formula is C18H17N3O2S. The fourth-order valence-corrected chi connectivity index (χ4v) is 4.27. The van der Waals surface area contributed by atoms with Crippen molar-refractivity contribution in [2.24, 2.45) is 0 Å². The van der Waals surface area contributed by atoms with Gasteiger partial charge in [-0.05, 0) is 42.4 Å². The van der Waals surface area contributed by atoms with Crippen LogP contribution in [0.1, 0.15) is 24.0 Å². The number of quaternary nitrogens is 1. The molecule has 122 valence electrons. The smallest absolute Gasteiger partial charge is 0.237 e. The van der Waals surface area contributed by atoms with Crippen LogP contribution in [0.3, 0.4) is 0 Å². The molecule has 24 heavy (non-hydrogen) atoms. The van der Waals surface area contributed by atoms with Gasteiger partial charge in [0.05, 0.1) is 5.97 Å². The fraction of sp³-hybridized carbons (Fsp3) is 0.278. The highest BCUT2D eigenvalue weighted by molar-refractivity contribution is 7.17. The van der Waals surface area contributed by atoms with Gasteiger partial charge in [-0.1, -0.05) is 18.2 Å². The number of fused-ring (bicyclic) bond motifs is 2. The van der Waals surface area contributed by atoms with E-state index in [-0.39, 0.29) is 6.54 Å². The standard InChI is InChI=1S/C18H17N3O2S/c22-15(23)8-19-17-16-14(9-24-18(16)21-10-20-17)13-6-5-11-3-1-2-4-12(11)7-13/h5-7,9-10H,1-4,8H2,(H,22,23)(H,19,20,21). The van der Waals surface area contributed by atoms with Crippen LogP contribution in [0.2, 0.25) is 0 Å². The number of rotatable bonds is 4. The first-order chi connectivity index (χ1) is 11.7. The molecule has 0 radical (unpaired) electrons. The lowest BCUT2D eigenvalue weighted by Crippen LogP contribution is -2.81. The number of aliphatic carboxylic acids is 1. The second-order valence-corrected chi connectivity index (χ2v) is 6.92. The van der Waals surface area contributed by atoms with Crippen molar-refractivity contribution in [2.45, 2.75) is 25.7 Å². The molecule has 0 fully saturated rings. The quantitative estimate of drug-likeness (QED) is 0.774. The monoisotopic (exact) mass is 339 g/mol. The average Bonchev–Trinajstić information content (AvgIpc) is 3.04. The van der Waals surface area contributed by atoms with Gasteiger partial charge < -0.3 is 9.90 Å². The van der Waals surface area contributed by atoms with Crippen molar-refractivity contribution in [2.75, 3.05) is 6.54 Å². The topological polar surface area (TPSA) is 82.5 Å². The summed E-state index contributed by atoms with van der Waals surface area (Å²) in [6, 6.07) is 6.65. The minimum atomic E-state index is -1.10. The van der Waals surface area contributed by atoms with E-state index in [4.69, 9.17) is 0 Å². The van der Waals surface area contributed by atoms with Crippen molar-refractivity contribution in [3.05, 3.63) is 41.0 Å². The molecule has 2 N–H and O–H groups in total. The lowest BCUT2D eigenvalue weighted by molar-refractivity contribution is -0.571. The van der Waals surface area contributed by atoms with Gasteiger partial charge in [-0.25, -0.2) is 4.98 Å². The molecule has 6 heteroatoms. The first-order valence-electron chi connectivity index (χ1n) is 8.10. The number of carbonyl (C=O) groups is 1. The number of carboxylic acids is 1. The molecule has 1 aromatic carbocycles. The van der Waals surface area contributed by atoms with E-state index in [9.17, 15) is 9.90 Å². The Hall–Kier alpha value is -2.31. The van der Waals surface area contributed by atoms with Crippen molar-refractivity contribution in [3.63, 3.8) is 0 Å². The van der Waals surface area contributed by atoms with Crippen LogP contribution in [0.15, 0.2) is 29.9 Å². The zero-order valence-corrected chi connectivity index (χ0v) is 13.9. The molecule has 2 aromatic heterocycles. The van der Waals surface area contributed by atoms with Gasteiger partial charge in [0, 0.05) is 10.9 Å². The van der Waals surface area contributed by atoms with E-state index in [1.807, 2.05) is 0 Å². The molecular weight excluding hydrogens is 322 g/mol. The molecule has 0 aliphatic heterocycles. The van der Waals surface area contributed by atoms with E-state index in [1.165, 1.54) is 30.3 Å². The SMILES string of the molecule is O=C([O-])C[NH2+]c1ncnc2scc(-c3ccc4c(c3)CCCC4)c12. The van der Waals surface area contributed by atoms with E-state index in [0.717, 1.165) is 34.2 Å². The zero-order valence-electron chi connectivity index (χ0n) is 13.1. The number of hydrogen-bond donors (Lipinski definition) is 1. The Morgan fingerprint density at radius 1 is 1.21 bits per heavy atom. The van der Waals surface area contributed by atoms with Gasteiger partial charge in [0.2, 0.25) is 5.82 Å². The van der Waals surface area contributed by atoms with Crippen molar-refractivity contribution in [1.82, 2.24) is 9.97 Å². The van der Waals surface area contributed by atoms with Crippen LogP contribution in [0.4, 0.5) is 5.82 Å². The van der Waals surface area contributed by atoms with E-state index < -0.39 is 5.97 Å². The minimum absolute atomic E-state index is 0.147. The van der Waals surface area contributed by atoms with Crippen molar-refractivity contribution >= 4 is 33.3 Å². The van der Waals surface area contributed by atoms with Gasteiger partial charge in [-0.2, -0.15) is 4.98 Å². The third-order valence-corrected chi connectivity index (χ3v) is 5.41. The molecule has 1 aliphatic rings. The largest absolute Gasteiger partial charge is 0.544 e. The second-order valence-electron chi connectivity index (χ2n) is 6.06. The summed E-state index contributed by atoms with van der Waals surface area (Å²) in [6.45, 7) is -0.147. The maximum absolute atomic E-state index is 10.8. The van der Waals surface area contributed by atoms with Gasteiger partial charge in [0.15, 0.2) is 0 Å². The summed E-state index contributed by atoms with van der Waals surface area (Å²) in [7, 11) is 0. The highest BCUT2D eigenvalue weighted by Crippen LogP contribution is 2.36. The molecule has 0 amide bonds. The lowest BCUT2D eigenvalue weighted by Gasteiger charge is -2.16. The Morgan fingerprint density at radius 3 is 2.88 bits per heavy atom. The summed E-state index contributed by atoms with van der Waals surface area (Å²) < 4.78 is 0. The number of aryl methyl sites for hydroxylation is 2. The molecule has 0 spiro atoms. The van der Waals surface area contributed by atoms with E-state index in [0.29, 0.717) is 5.82 Å². The van der Waals surface area contributed by atoms with Crippen LogP contribution < -0.4 is 10.4 Å². The van der Waals surface area contributed by atoms with Crippen molar-refractivity contribution in [3.8, 4) is 11.1 Å². The van der Waals surface area contributed by atoms with Crippen LogP contribution >= 0.6 is 11.3 Å². The number of hydrogen-bond acceptors (Lipinski definition) is 5. The molecule has 0 saturated carbocycles. The maximum Gasteiger partial charge on any atom is 0.237 e. The molecule has 0 saturated heterocycles. The van der Waals surface area contributed by atoms with Crippen molar-refractivity contribution in [1.29, 1.82) is 0 Å². The van der Waals surface area contributed by atoms with E-state index in [1.54, 1.807) is 16.7 Å². The predicted octanol–water partition coefficient (Wildman–Crippen LogP) is 1.18. The average molecular weight is 339 g/mol. The molecule has 2 heterocycles. The molecule has 3 aromatic rings. The highest BCUT2D eigenvalue weighted by Gasteiger charge is 2.17. The van der Waals surface area contributed by atoms with Gasteiger partial charge >= 0.3 is 0 Å². The first-order valence-corrected chi connectivity index (χ1v) is 8.98. The number of benzene rings is 1. The summed E-state index contributed by atoms with van der Waals surface area (Å²) in [6.07, 6.45) is 6.29. The molecule has 0 bridgehead atoms. The summed E-state index contributed by atoms with van der Waals surface area (Å²) in [5.74, 6) is -0.439. The van der Waals surface area contributed by atoms with E-state index in [2.05, 4.69) is 33.5 Å². The van der Waals surface area contributed by atoms with Crippen LogP contribution in [-0.4, -0.2) is 22.5 Å². The fourth-order valence-electron chi connectivity index (χ4n) is 3.35. The Bertz CT molecular complexity index is 920. The molecule has 5 nitrogen and oxygen atoms in total. The van der Waals surface area contributed by atoms with Crippen LogP contribution in [0, 0.1) is 0 Å². The Kier molecular flexibility index (Phi) is 4.00. The van der Waals surface area contributed by atoms with Gasteiger partial charge in [0.25, 0.3) is 0 Å². The zero-order chi connectivity index (χ0) is 16.5. The van der Waals surface area contributed by atoms with Gasteiger partial charge in [0.1, 0.15) is 23.1 Å². The molecule has 1 aliphatic carbocycles. The van der Waals surface area contributed by atoms with Gasteiger partial charge in [-0.3, -0.25) is 5.32 Å². The summed E-state index contributed by atoms with van der Waals surface area (Å²) in [5.41, 5.74) is 5.10. The minimum Gasteiger partial charge on any atom is -0.544 e. The van der Waals surface area contributed by atoms with E-state index >= 15 is 0 Å². The lowest BCUT2D eigenvalue weighted by atomic mass is 9.89. The maximum atomic E-state index is 10.8. The van der Waals surface area contributed by atoms with Crippen LogP contribution in [-0.2, 0) is 17.6 Å². The van der Waals surface area contributed by atoms with Crippen LogP contribution in [0.5, 0.6) is 0 Å². The Morgan fingerprint density at radius 2 is 2.04 bits per heavy atom. The number of aromatic nitrogens is 2. The second kappa shape index (κ2) is 6.30. The number of nitrogens with zero attached hydrogens (tertiary/aromatic N) is 2. The Balaban J connectivity index is 1.80. The summed E-state index contributed by atoms with van der Waals surface area (Å²) >= 11 is 1.56. The number of thiophene rings is 1.